The van der Waals surface area contributed by atoms with Crippen molar-refractivity contribution >= 4 is 0 Å². The lowest BCUT2D eigenvalue weighted by molar-refractivity contribution is 0.202. The maximum Gasteiger partial charge on any atom is 0.251 e. The Kier molecular flexibility index (Phi) is 5.20. The summed E-state index contributed by atoms with van der Waals surface area (Å²) in [6.45, 7) is 4.93. The molecule has 26 heavy (non-hydrogen) atoms. The van der Waals surface area contributed by atoms with Crippen molar-refractivity contribution in [3.8, 4) is 0 Å². The van der Waals surface area contributed by atoms with Crippen molar-refractivity contribution in [2.24, 2.45) is 0 Å². The second kappa shape index (κ2) is 7.74. The first-order valence-electron chi connectivity index (χ1n) is 10.0. The monoisotopic (exact) mass is 355 g/mol. The minimum atomic E-state index is -0.0366. The minimum Gasteiger partial charge on any atom is -0.311 e. The van der Waals surface area contributed by atoms with Gasteiger partial charge in [0.05, 0.1) is 11.9 Å². The van der Waals surface area contributed by atoms with Gasteiger partial charge in [-0.15, -0.1) is 0 Å². The molecule has 1 aliphatic carbocycles. The zero-order chi connectivity index (χ0) is 17.9. The number of aromatic nitrogens is 4. The van der Waals surface area contributed by atoms with Gasteiger partial charge in [-0.3, -0.25) is 14.8 Å². The molecule has 3 heterocycles. The van der Waals surface area contributed by atoms with Crippen LogP contribution in [0.3, 0.4) is 0 Å². The number of rotatable bonds is 4. The van der Waals surface area contributed by atoms with E-state index in [-0.39, 0.29) is 5.56 Å². The summed E-state index contributed by atoms with van der Waals surface area (Å²) in [5, 5.41) is 7.63. The number of hydrogen-bond donors (Lipinski definition) is 2. The van der Waals surface area contributed by atoms with E-state index in [0.717, 1.165) is 38.2 Å². The van der Waals surface area contributed by atoms with Crippen LogP contribution in [0.15, 0.2) is 17.1 Å². The molecule has 0 bridgehead atoms. The molecule has 2 aromatic heterocycles. The standard InChI is InChI=1S/C20H29N5O/c1-14-22-18(11-19(26)23-14)15-7-9-25(10-8-15)13-17-12-21-24-20(17)16-5-3-2-4-6-16/h11-12,15-16H,2-10,13H2,1H3,(H,21,24)(H,22,23,26). The number of nitrogens with zero attached hydrogens (tertiary/aromatic N) is 3. The third-order valence-electron chi connectivity index (χ3n) is 6.04. The average molecular weight is 355 g/mol. The van der Waals surface area contributed by atoms with Crippen LogP contribution in [0.4, 0.5) is 0 Å². The summed E-state index contributed by atoms with van der Waals surface area (Å²) in [5.41, 5.74) is 3.67. The van der Waals surface area contributed by atoms with Crippen LogP contribution in [-0.4, -0.2) is 38.2 Å². The van der Waals surface area contributed by atoms with E-state index < -0.39 is 0 Å². The van der Waals surface area contributed by atoms with Crippen molar-refractivity contribution in [2.45, 2.75) is 70.3 Å². The van der Waals surface area contributed by atoms with Crippen LogP contribution in [0.1, 0.15) is 79.6 Å². The number of H-pyrrole nitrogens is 2. The number of aromatic amines is 2. The zero-order valence-corrected chi connectivity index (χ0v) is 15.6. The molecule has 0 radical (unpaired) electrons. The lowest BCUT2D eigenvalue weighted by atomic mass is 9.85. The van der Waals surface area contributed by atoms with E-state index in [1.807, 2.05) is 13.1 Å². The van der Waals surface area contributed by atoms with Crippen LogP contribution in [0.2, 0.25) is 0 Å². The van der Waals surface area contributed by atoms with Crippen LogP contribution >= 0.6 is 0 Å². The molecule has 0 amide bonds. The fourth-order valence-corrected chi connectivity index (χ4v) is 4.63. The Labute approximate surface area is 154 Å². The van der Waals surface area contributed by atoms with Gasteiger partial charge in [-0.25, -0.2) is 4.98 Å². The molecule has 1 saturated carbocycles. The molecular weight excluding hydrogens is 326 g/mol. The fourth-order valence-electron chi connectivity index (χ4n) is 4.63. The number of hydrogen-bond acceptors (Lipinski definition) is 4. The van der Waals surface area contributed by atoms with Gasteiger partial charge in [0.15, 0.2) is 0 Å². The van der Waals surface area contributed by atoms with Crippen LogP contribution in [0, 0.1) is 6.92 Å². The van der Waals surface area contributed by atoms with E-state index in [1.54, 1.807) is 6.07 Å². The molecule has 0 spiro atoms. The molecule has 0 unspecified atom stereocenters. The summed E-state index contributed by atoms with van der Waals surface area (Å²) in [6, 6.07) is 1.67. The molecule has 140 valence electrons. The summed E-state index contributed by atoms with van der Waals surface area (Å²) in [5.74, 6) is 1.78. The maximum absolute atomic E-state index is 11.7. The molecule has 6 heteroatoms. The molecule has 4 rings (SSSR count). The normalized spacial score (nSPS) is 20.5. The molecule has 2 aromatic rings. The molecule has 0 atom stereocenters. The molecule has 1 saturated heterocycles. The Morgan fingerprint density at radius 3 is 2.62 bits per heavy atom. The molecule has 2 aliphatic rings. The largest absolute Gasteiger partial charge is 0.311 e. The van der Waals surface area contributed by atoms with Gasteiger partial charge < -0.3 is 4.98 Å². The first-order chi connectivity index (χ1) is 12.7. The number of likely N-dealkylation sites (tertiary alicyclic amines) is 1. The summed E-state index contributed by atoms with van der Waals surface area (Å²) in [7, 11) is 0. The number of aryl methyl sites for hydroxylation is 1. The van der Waals surface area contributed by atoms with Gasteiger partial charge in [0.2, 0.25) is 0 Å². The van der Waals surface area contributed by atoms with Crippen LogP contribution in [-0.2, 0) is 6.54 Å². The summed E-state index contributed by atoms with van der Waals surface area (Å²) in [6.07, 6.45) is 10.8. The fraction of sp³-hybridized carbons (Fsp3) is 0.650. The first-order valence-corrected chi connectivity index (χ1v) is 10.0. The zero-order valence-electron chi connectivity index (χ0n) is 15.6. The van der Waals surface area contributed by atoms with Crippen molar-refractivity contribution < 1.29 is 0 Å². The Balaban J connectivity index is 1.37. The Morgan fingerprint density at radius 1 is 1.12 bits per heavy atom. The molecular formula is C20H29N5O. The van der Waals surface area contributed by atoms with Gasteiger partial charge in [-0.2, -0.15) is 5.10 Å². The van der Waals surface area contributed by atoms with Crippen molar-refractivity contribution in [1.29, 1.82) is 0 Å². The third kappa shape index (κ3) is 3.90. The van der Waals surface area contributed by atoms with E-state index in [1.165, 1.54) is 43.4 Å². The van der Waals surface area contributed by atoms with E-state index in [9.17, 15) is 4.79 Å². The Hall–Kier alpha value is -1.95. The van der Waals surface area contributed by atoms with Gasteiger partial charge in [-0.1, -0.05) is 19.3 Å². The second-order valence-corrected chi connectivity index (χ2v) is 7.95. The molecule has 0 aromatic carbocycles. The minimum absolute atomic E-state index is 0.0366. The quantitative estimate of drug-likeness (QED) is 0.883. The Morgan fingerprint density at radius 2 is 1.88 bits per heavy atom. The van der Waals surface area contributed by atoms with E-state index in [0.29, 0.717) is 17.7 Å². The van der Waals surface area contributed by atoms with Gasteiger partial charge in [0, 0.05) is 35.7 Å². The predicted octanol–water partition coefficient (Wildman–Crippen LogP) is 3.23. The van der Waals surface area contributed by atoms with Crippen molar-refractivity contribution in [3.63, 3.8) is 0 Å². The highest BCUT2D eigenvalue weighted by Gasteiger charge is 2.25. The van der Waals surface area contributed by atoms with Gasteiger partial charge in [0.1, 0.15) is 5.82 Å². The molecule has 6 nitrogen and oxygen atoms in total. The van der Waals surface area contributed by atoms with Crippen LogP contribution < -0.4 is 5.56 Å². The van der Waals surface area contributed by atoms with Gasteiger partial charge in [-0.05, 0) is 45.7 Å². The maximum atomic E-state index is 11.7. The molecule has 2 N–H and O–H groups in total. The van der Waals surface area contributed by atoms with Crippen LogP contribution in [0.25, 0.3) is 0 Å². The highest BCUT2D eigenvalue weighted by molar-refractivity contribution is 5.21. The first kappa shape index (κ1) is 17.5. The van der Waals surface area contributed by atoms with Gasteiger partial charge in [0.25, 0.3) is 5.56 Å². The highest BCUT2D eigenvalue weighted by Crippen LogP contribution is 2.34. The van der Waals surface area contributed by atoms with Crippen molar-refractivity contribution in [2.75, 3.05) is 13.1 Å². The summed E-state index contributed by atoms with van der Waals surface area (Å²) in [4.78, 5) is 21.5. The van der Waals surface area contributed by atoms with E-state index >= 15 is 0 Å². The summed E-state index contributed by atoms with van der Waals surface area (Å²) >= 11 is 0. The highest BCUT2D eigenvalue weighted by atomic mass is 16.1. The lowest BCUT2D eigenvalue weighted by Crippen LogP contribution is -2.33. The van der Waals surface area contributed by atoms with Crippen LogP contribution in [0.5, 0.6) is 0 Å². The number of piperidine rings is 1. The van der Waals surface area contributed by atoms with Crippen molar-refractivity contribution in [1.82, 2.24) is 25.1 Å². The predicted molar refractivity (Wildman–Crippen MR) is 101 cm³/mol. The second-order valence-electron chi connectivity index (χ2n) is 7.95. The van der Waals surface area contributed by atoms with Crippen molar-refractivity contribution in [3.05, 3.63) is 45.4 Å². The lowest BCUT2D eigenvalue weighted by Gasteiger charge is -2.32. The topological polar surface area (TPSA) is 77.7 Å². The van der Waals surface area contributed by atoms with Gasteiger partial charge >= 0.3 is 0 Å². The smallest absolute Gasteiger partial charge is 0.251 e. The molecule has 2 fully saturated rings. The van der Waals surface area contributed by atoms with E-state index in [4.69, 9.17) is 0 Å². The Bertz CT molecular complexity index is 781. The number of nitrogens with one attached hydrogen (secondary N) is 2. The van der Waals surface area contributed by atoms with E-state index in [2.05, 4.69) is 25.1 Å². The third-order valence-corrected chi connectivity index (χ3v) is 6.04. The summed E-state index contributed by atoms with van der Waals surface area (Å²) < 4.78 is 0. The average Bonchev–Trinajstić information content (AvgIpc) is 3.10. The SMILES string of the molecule is Cc1nc(C2CCN(Cc3cn[nH]c3C3CCCCC3)CC2)cc(=O)[nH]1. The molecule has 1 aliphatic heterocycles.